The highest BCUT2D eigenvalue weighted by molar-refractivity contribution is 9.10. The minimum atomic E-state index is -0.931. The number of carboxylic acids is 1. The Hall–Kier alpha value is -1.29. The lowest BCUT2D eigenvalue weighted by Crippen LogP contribution is -2.40. The summed E-state index contributed by atoms with van der Waals surface area (Å²) in [6.45, 7) is 5.66. The molecule has 20 heavy (non-hydrogen) atoms. The van der Waals surface area contributed by atoms with Crippen LogP contribution in [0.3, 0.4) is 0 Å². The van der Waals surface area contributed by atoms with E-state index in [2.05, 4.69) is 46.8 Å². The van der Waals surface area contributed by atoms with Gasteiger partial charge in [0.1, 0.15) is 0 Å². The predicted molar refractivity (Wildman–Crippen MR) is 86.0 cm³/mol. The summed E-state index contributed by atoms with van der Waals surface area (Å²) in [4.78, 5) is 13.0. The van der Waals surface area contributed by atoms with Gasteiger partial charge in [-0.1, -0.05) is 28.9 Å². The number of nitrogens with zero attached hydrogens (tertiary/aromatic N) is 1. The normalized spacial score (nSPS) is 23.2. The van der Waals surface area contributed by atoms with Crippen LogP contribution in [0.4, 0.5) is 5.69 Å². The van der Waals surface area contributed by atoms with Gasteiger partial charge in [0.2, 0.25) is 0 Å². The zero-order valence-corrected chi connectivity index (χ0v) is 13.4. The van der Waals surface area contributed by atoms with E-state index in [1.807, 2.05) is 6.07 Å². The van der Waals surface area contributed by atoms with Crippen molar-refractivity contribution in [3.05, 3.63) is 34.3 Å². The first kappa shape index (κ1) is 15.1. The number of carboxylic acid groups (broad SMARTS) is 1. The average Bonchev–Trinajstić information content (AvgIpc) is 2.37. The molecule has 2 unspecified atom stereocenters. The Balaban J connectivity index is 2.18. The Morgan fingerprint density at radius 1 is 1.45 bits per heavy atom. The molecule has 0 aliphatic carbocycles. The lowest BCUT2D eigenvalue weighted by molar-refractivity contribution is -0.131. The largest absolute Gasteiger partial charge is 0.478 e. The van der Waals surface area contributed by atoms with Crippen LogP contribution < -0.4 is 4.90 Å². The van der Waals surface area contributed by atoms with Gasteiger partial charge in [0, 0.05) is 28.8 Å². The summed E-state index contributed by atoms with van der Waals surface area (Å²) >= 11 is 3.52. The summed E-state index contributed by atoms with van der Waals surface area (Å²) in [5, 5.41) is 8.67. The van der Waals surface area contributed by atoms with Crippen molar-refractivity contribution in [2.75, 3.05) is 11.4 Å². The molecule has 1 saturated heterocycles. The van der Waals surface area contributed by atoms with E-state index in [1.54, 1.807) is 6.08 Å². The second-order valence-electron chi connectivity index (χ2n) is 5.55. The maximum atomic E-state index is 10.6. The van der Waals surface area contributed by atoms with Crippen LogP contribution in [0.1, 0.15) is 32.3 Å². The Morgan fingerprint density at radius 2 is 2.20 bits per heavy atom. The number of rotatable bonds is 3. The van der Waals surface area contributed by atoms with Gasteiger partial charge in [-0.25, -0.2) is 4.79 Å². The smallest absolute Gasteiger partial charge is 0.328 e. The highest BCUT2D eigenvalue weighted by Gasteiger charge is 2.23. The van der Waals surface area contributed by atoms with Gasteiger partial charge in [-0.05, 0) is 49.5 Å². The molecule has 3 nitrogen and oxygen atoms in total. The van der Waals surface area contributed by atoms with Crippen LogP contribution in [-0.4, -0.2) is 23.7 Å². The van der Waals surface area contributed by atoms with Gasteiger partial charge in [0.15, 0.2) is 0 Å². The lowest BCUT2D eigenvalue weighted by Gasteiger charge is -2.38. The topological polar surface area (TPSA) is 40.5 Å². The van der Waals surface area contributed by atoms with Crippen LogP contribution in [0.15, 0.2) is 28.7 Å². The Morgan fingerprint density at radius 3 is 2.80 bits per heavy atom. The Bertz CT molecular complexity index is 527. The summed E-state index contributed by atoms with van der Waals surface area (Å²) in [6.07, 6.45) is 5.21. The summed E-state index contributed by atoms with van der Waals surface area (Å²) in [6, 6.07) is 6.65. The quantitative estimate of drug-likeness (QED) is 0.841. The first-order chi connectivity index (χ1) is 9.47. The highest BCUT2D eigenvalue weighted by Crippen LogP contribution is 2.31. The fourth-order valence-electron chi connectivity index (χ4n) is 2.78. The van der Waals surface area contributed by atoms with Crippen molar-refractivity contribution in [1.82, 2.24) is 0 Å². The molecule has 0 saturated carbocycles. The molecule has 1 aromatic carbocycles. The van der Waals surface area contributed by atoms with E-state index < -0.39 is 5.97 Å². The van der Waals surface area contributed by atoms with Crippen molar-refractivity contribution in [2.24, 2.45) is 5.92 Å². The maximum absolute atomic E-state index is 10.6. The van der Waals surface area contributed by atoms with E-state index in [4.69, 9.17) is 5.11 Å². The molecule has 1 aliphatic heterocycles. The van der Waals surface area contributed by atoms with Crippen LogP contribution in [0.25, 0.3) is 6.08 Å². The molecule has 0 amide bonds. The Kier molecular flexibility index (Phi) is 4.86. The van der Waals surface area contributed by atoms with Crippen molar-refractivity contribution in [2.45, 2.75) is 32.7 Å². The van der Waals surface area contributed by atoms with Gasteiger partial charge in [-0.3, -0.25) is 0 Å². The van der Waals surface area contributed by atoms with Crippen LogP contribution in [0.2, 0.25) is 0 Å². The molecule has 108 valence electrons. The number of piperidine rings is 1. The van der Waals surface area contributed by atoms with Gasteiger partial charge in [0.25, 0.3) is 0 Å². The fraction of sp³-hybridized carbons (Fsp3) is 0.438. The zero-order chi connectivity index (χ0) is 14.7. The highest BCUT2D eigenvalue weighted by atomic mass is 79.9. The monoisotopic (exact) mass is 337 g/mol. The van der Waals surface area contributed by atoms with Crippen LogP contribution in [0, 0.1) is 5.92 Å². The number of anilines is 1. The molecular weight excluding hydrogens is 318 g/mol. The molecule has 0 spiro atoms. The van der Waals surface area contributed by atoms with Crippen molar-refractivity contribution < 1.29 is 9.90 Å². The maximum Gasteiger partial charge on any atom is 0.328 e. The molecule has 1 aliphatic rings. The number of halogens is 1. The van der Waals surface area contributed by atoms with Gasteiger partial charge < -0.3 is 10.0 Å². The molecule has 1 aromatic rings. The summed E-state index contributed by atoms with van der Waals surface area (Å²) < 4.78 is 0.929. The summed E-state index contributed by atoms with van der Waals surface area (Å²) in [7, 11) is 0. The van der Waals surface area contributed by atoms with Crippen LogP contribution in [0.5, 0.6) is 0 Å². The number of hydrogen-bond acceptors (Lipinski definition) is 2. The van der Waals surface area contributed by atoms with Gasteiger partial charge >= 0.3 is 5.97 Å². The van der Waals surface area contributed by atoms with E-state index in [1.165, 1.54) is 18.5 Å². The minimum absolute atomic E-state index is 0.547. The molecule has 0 aromatic heterocycles. The fourth-order valence-corrected chi connectivity index (χ4v) is 3.28. The second kappa shape index (κ2) is 6.44. The summed E-state index contributed by atoms with van der Waals surface area (Å²) in [5.41, 5.74) is 2.08. The average molecular weight is 338 g/mol. The van der Waals surface area contributed by atoms with Crippen LogP contribution >= 0.6 is 15.9 Å². The third kappa shape index (κ3) is 3.63. The van der Waals surface area contributed by atoms with E-state index in [-0.39, 0.29) is 0 Å². The number of carbonyl (C=O) groups is 1. The molecule has 2 atom stereocenters. The zero-order valence-electron chi connectivity index (χ0n) is 11.8. The number of hydrogen-bond donors (Lipinski definition) is 1. The molecule has 1 fully saturated rings. The van der Waals surface area contributed by atoms with Gasteiger partial charge in [0.05, 0.1) is 0 Å². The second-order valence-corrected chi connectivity index (χ2v) is 6.40. The first-order valence-corrected chi connectivity index (χ1v) is 7.74. The Labute approximate surface area is 128 Å². The van der Waals surface area contributed by atoms with Gasteiger partial charge in [-0.2, -0.15) is 0 Å². The molecule has 0 radical (unpaired) electrons. The SMILES string of the molecule is CC1CCN(c2ccc(/C=C/C(=O)O)c(Br)c2)C(C)C1. The van der Waals surface area contributed by atoms with Gasteiger partial charge in [-0.15, -0.1) is 0 Å². The van der Waals surface area contributed by atoms with E-state index >= 15 is 0 Å². The minimum Gasteiger partial charge on any atom is -0.478 e. The van der Waals surface area contributed by atoms with Crippen molar-refractivity contribution in [3.63, 3.8) is 0 Å². The molecule has 1 heterocycles. The standard InChI is InChI=1S/C16H20BrNO2/c1-11-7-8-18(12(2)9-11)14-5-3-13(15(17)10-14)4-6-16(19)20/h3-6,10-12H,7-9H2,1-2H3,(H,19,20)/b6-4+. The van der Waals surface area contributed by atoms with Crippen molar-refractivity contribution in [1.29, 1.82) is 0 Å². The lowest BCUT2D eigenvalue weighted by atomic mass is 9.93. The summed E-state index contributed by atoms with van der Waals surface area (Å²) in [5.74, 6) is -0.137. The molecule has 4 heteroatoms. The molecule has 2 rings (SSSR count). The number of benzene rings is 1. The van der Waals surface area contributed by atoms with Crippen molar-refractivity contribution in [3.8, 4) is 0 Å². The molecule has 1 N–H and O–H groups in total. The predicted octanol–water partition coefficient (Wildman–Crippen LogP) is 4.17. The molecule has 0 bridgehead atoms. The van der Waals surface area contributed by atoms with E-state index in [0.29, 0.717) is 6.04 Å². The van der Waals surface area contributed by atoms with E-state index in [9.17, 15) is 4.79 Å². The first-order valence-electron chi connectivity index (χ1n) is 6.94. The van der Waals surface area contributed by atoms with E-state index in [0.717, 1.165) is 28.6 Å². The third-order valence-corrected chi connectivity index (χ3v) is 4.55. The van der Waals surface area contributed by atoms with Crippen LogP contribution in [-0.2, 0) is 4.79 Å². The third-order valence-electron chi connectivity index (χ3n) is 3.86. The number of aliphatic carboxylic acids is 1. The van der Waals surface area contributed by atoms with Crippen molar-refractivity contribution >= 4 is 33.7 Å². The molecular formula is C16H20BrNO2.